The molecule has 3 rings (SSSR count). The number of ether oxygens (including phenoxy) is 1. The summed E-state index contributed by atoms with van der Waals surface area (Å²) in [5.74, 6) is 2.96. The molecule has 0 aliphatic heterocycles. The third kappa shape index (κ3) is 2.11. The molecule has 0 amide bonds. The third-order valence-electron chi connectivity index (χ3n) is 3.18. The van der Waals surface area contributed by atoms with Crippen LogP contribution in [0.4, 0.5) is 5.95 Å². The monoisotopic (exact) mass is 271 g/mol. The summed E-state index contributed by atoms with van der Waals surface area (Å²) in [5, 5.41) is 0. The zero-order valence-corrected chi connectivity index (χ0v) is 11.6. The van der Waals surface area contributed by atoms with Crippen LogP contribution in [0.3, 0.4) is 0 Å². The van der Waals surface area contributed by atoms with Crippen molar-refractivity contribution in [1.82, 2.24) is 9.55 Å². The highest BCUT2D eigenvalue weighted by Gasteiger charge is 2.13. The Hall–Kier alpha value is -2.43. The maximum Gasteiger partial charge on any atom is 0.201 e. The predicted octanol–water partition coefficient (Wildman–Crippen LogP) is 2.97. The maximum atomic E-state index is 6.03. The minimum Gasteiger partial charge on any atom is -0.492 e. The largest absolute Gasteiger partial charge is 0.492 e. The molecule has 0 spiro atoms. The smallest absolute Gasteiger partial charge is 0.201 e. The van der Waals surface area contributed by atoms with E-state index in [1.165, 1.54) is 0 Å². The molecule has 0 aliphatic carbocycles. The average molecular weight is 271 g/mol. The molecule has 5 nitrogen and oxygen atoms in total. The predicted molar refractivity (Wildman–Crippen MR) is 77.9 cm³/mol. The van der Waals surface area contributed by atoms with Gasteiger partial charge in [-0.2, -0.15) is 0 Å². The Labute approximate surface area is 117 Å². The number of para-hydroxylation sites is 1. The van der Waals surface area contributed by atoms with E-state index in [0.717, 1.165) is 28.3 Å². The van der Waals surface area contributed by atoms with Crippen LogP contribution in [0.2, 0.25) is 0 Å². The Kier molecular flexibility index (Phi) is 3.10. The zero-order valence-electron chi connectivity index (χ0n) is 11.6. The van der Waals surface area contributed by atoms with Crippen molar-refractivity contribution in [2.24, 2.45) is 0 Å². The topological polar surface area (TPSA) is 66.2 Å². The van der Waals surface area contributed by atoms with Gasteiger partial charge in [0, 0.05) is 0 Å². The van der Waals surface area contributed by atoms with Crippen LogP contribution in [-0.2, 0) is 6.54 Å². The minimum atomic E-state index is 0.459. The van der Waals surface area contributed by atoms with Gasteiger partial charge >= 0.3 is 0 Å². The van der Waals surface area contributed by atoms with Crippen molar-refractivity contribution in [2.75, 3.05) is 12.3 Å². The van der Waals surface area contributed by atoms with Crippen molar-refractivity contribution in [3.63, 3.8) is 0 Å². The number of furan rings is 1. The number of aryl methyl sites for hydroxylation is 1. The van der Waals surface area contributed by atoms with E-state index in [-0.39, 0.29) is 0 Å². The molecule has 0 bridgehead atoms. The van der Waals surface area contributed by atoms with Crippen LogP contribution in [-0.4, -0.2) is 16.2 Å². The number of aromatic nitrogens is 2. The first-order chi connectivity index (χ1) is 9.69. The summed E-state index contributed by atoms with van der Waals surface area (Å²) in [7, 11) is 0. The van der Waals surface area contributed by atoms with Gasteiger partial charge in [0.2, 0.25) is 5.95 Å². The van der Waals surface area contributed by atoms with Gasteiger partial charge in [0.15, 0.2) is 0 Å². The van der Waals surface area contributed by atoms with E-state index in [4.69, 9.17) is 14.9 Å². The number of nitrogens with two attached hydrogens (primary N) is 1. The van der Waals surface area contributed by atoms with E-state index >= 15 is 0 Å². The quantitative estimate of drug-likeness (QED) is 0.792. The van der Waals surface area contributed by atoms with Gasteiger partial charge in [-0.1, -0.05) is 6.07 Å². The van der Waals surface area contributed by atoms with E-state index in [9.17, 15) is 0 Å². The maximum absolute atomic E-state index is 6.03. The lowest BCUT2D eigenvalue weighted by atomic mass is 10.3. The highest BCUT2D eigenvalue weighted by molar-refractivity contribution is 5.84. The zero-order chi connectivity index (χ0) is 14.1. The Bertz CT molecular complexity index is 743. The molecule has 0 saturated heterocycles. The second-order valence-electron chi connectivity index (χ2n) is 4.63. The van der Waals surface area contributed by atoms with Crippen molar-refractivity contribution < 1.29 is 9.15 Å². The molecule has 104 valence electrons. The van der Waals surface area contributed by atoms with Crippen molar-refractivity contribution in [3.05, 3.63) is 41.9 Å². The summed E-state index contributed by atoms with van der Waals surface area (Å²) in [6.45, 7) is 5.03. The summed E-state index contributed by atoms with van der Waals surface area (Å²) in [5.41, 5.74) is 7.76. The van der Waals surface area contributed by atoms with Crippen LogP contribution in [0.5, 0.6) is 5.75 Å². The molecule has 2 heterocycles. The lowest BCUT2D eigenvalue weighted by molar-refractivity contribution is 0.343. The normalized spacial score (nSPS) is 11.1. The molecule has 2 N–H and O–H groups in total. The van der Waals surface area contributed by atoms with Crippen LogP contribution < -0.4 is 10.5 Å². The summed E-state index contributed by atoms with van der Waals surface area (Å²) in [6, 6.07) is 9.72. The lowest BCUT2D eigenvalue weighted by Crippen LogP contribution is -2.03. The lowest BCUT2D eigenvalue weighted by Gasteiger charge is -2.05. The van der Waals surface area contributed by atoms with E-state index in [1.807, 2.05) is 48.7 Å². The number of benzene rings is 1. The number of imidazole rings is 1. The second kappa shape index (κ2) is 4.92. The molecule has 0 fully saturated rings. The van der Waals surface area contributed by atoms with E-state index in [0.29, 0.717) is 19.1 Å². The summed E-state index contributed by atoms with van der Waals surface area (Å²) < 4.78 is 13.1. The van der Waals surface area contributed by atoms with Gasteiger partial charge in [-0.05, 0) is 38.1 Å². The van der Waals surface area contributed by atoms with Crippen LogP contribution in [0, 0.1) is 6.92 Å². The first-order valence-corrected chi connectivity index (χ1v) is 6.62. The SMILES string of the molecule is CCOc1cccc2c1nc(N)n2Cc1ccc(C)o1. The fourth-order valence-electron chi connectivity index (χ4n) is 2.30. The Balaban J connectivity index is 2.06. The first kappa shape index (κ1) is 12.6. The molecule has 0 unspecified atom stereocenters. The van der Waals surface area contributed by atoms with Crippen molar-refractivity contribution in [2.45, 2.75) is 20.4 Å². The number of hydrogen-bond donors (Lipinski definition) is 1. The van der Waals surface area contributed by atoms with Crippen LogP contribution in [0.1, 0.15) is 18.4 Å². The molecule has 0 radical (unpaired) electrons. The van der Waals surface area contributed by atoms with Crippen molar-refractivity contribution in [3.8, 4) is 5.75 Å². The highest BCUT2D eigenvalue weighted by atomic mass is 16.5. The Morgan fingerprint density at radius 2 is 2.15 bits per heavy atom. The van der Waals surface area contributed by atoms with Crippen molar-refractivity contribution >= 4 is 17.0 Å². The molecular formula is C15H17N3O2. The average Bonchev–Trinajstić information content (AvgIpc) is 2.97. The van der Waals surface area contributed by atoms with Crippen LogP contribution in [0.25, 0.3) is 11.0 Å². The van der Waals surface area contributed by atoms with Gasteiger partial charge in [0.1, 0.15) is 22.8 Å². The van der Waals surface area contributed by atoms with Gasteiger partial charge in [0.05, 0.1) is 18.7 Å². The fourth-order valence-corrected chi connectivity index (χ4v) is 2.30. The summed E-state index contributed by atoms with van der Waals surface area (Å²) in [6.07, 6.45) is 0. The van der Waals surface area contributed by atoms with Crippen LogP contribution in [0.15, 0.2) is 34.7 Å². The molecule has 5 heteroatoms. The van der Waals surface area contributed by atoms with Gasteiger partial charge in [-0.25, -0.2) is 4.98 Å². The van der Waals surface area contributed by atoms with E-state index in [1.54, 1.807) is 0 Å². The third-order valence-corrected chi connectivity index (χ3v) is 3.18. The van der Waals surface area contributed by atoms with E-state index in [2.05, 4.69) is 4.98 Å². The molecule has 0 atom stereocenters. The second-order valence-corrected chi connectivity index (χ2v) is 4.63. The Morgan fingerprint density at radius 1 is 1.30 bits per heavy atom. The van der Waals surface area contributed by atoms with E-state index < -0.39 is 0 Å². The number of hydrogen-bond acceptors (Lipinski definition) is 4. The van der Waals surface area contributed by atoms with Gasteiger partial charge < -0.3 is 19.5 Å². The molecule has 0 saturated carbocycles. The van der Waals surface area contributed by atoms with Crippen LogP contribution >= 0.6 is 0 Å². The first-order valence-electron chi connectivity index (χ1n) is 6.62. The fraction of sp³-hybridized carbons (Fsp3) is 0.267. The van der Waals surface area contributed by atoms with Gasteiger partial charge in [-0.3, -0.25) is 0 Å². The Morgan fingerprint density at radius 3 is 2.85 bits per heavy atom. The van der Waals surface area contributed by atoms with Gasteiger partial charge in [0.25, 0.3) is 0 Å². The number of fused-ring (bicyclic) bond motifs is 1. The summed E-state index contributed by atoms with van der Waals surface area (Å²) in [4.78, 5) is 4.41. The van der Waals surface area contributed by atoms with Crippen molar-refractivity contribution in [1.29, 1.82) is 0 Å². The molecule has 0 aliphatic rings. The molecule has 3 aromatic rings. The molecular weight excluding hydrogens is 254 g/mol. The molecule has 2 aromatic heterocycles. The standard InChI is InChI=1S/C15H17N3O2/c1-3-19-13-6-4-5-12-14(13)17-15(16)18(12)9-11-8-7-10(2)20-11/h4-8H,3,9H2,1-2H3,(H2,16,17). The molecule has 1 aromatic carbocycles. The minimum absolute atomic E-state index is 0.459. The highest BCUT2D eigenvalue weighted by Crippen LogP contribution is 2.27. The van der Waals surface area contributed by atoms with Gasteiger partial charge in [-0.15, -0.1) is 0 Å². The number of rotatable bonds is 4. The number of anilines is 1. The summed E-state index contributed by atoms with van der Waals surface area (Å²) >= 11 is 0. The number of nitrogen functional groups attached to an aromatic ring is 1. The number of nitrogens with zero attached hydrogens (tertiary/aromatic N) is 2. The molecule has 20 heavy (non-hydrogen) atoms.